The van der Waals surface area contributed by atoms with Crippen LogP contribution in [0.4, 0.5) is 0 Å². The molecule has 2 aromatic carbocycles. The number of hydrogen-bond acceptors (Lipinski definition) is 3. The number of nitrogens with zero attached hydrogens (tertiary/aromatic N) is 2. The van der Waals surface area contributed by atoms with Crippen molar-refractivity contribution in [2.75, 3.05) is 0 Å². The number of benzene rings is 2. The molecule has 0 amide bonds. The van der Waals surface area contributed by atoms with Crippen LogP contribution in [-0.2, 0) is 22.6 Å². The van der Waals surface area contributed by atoms with E-state index >= 15 is 0 Å². The van der Waals surface area contributed by atoms with Crippen molar-refractivity contribution >= 4 is 44.1 Å². The highest BCUT2D eigenvalue weighted by Crippen LogP contribution is 2.28. The molecule has 3 rings (SSSR count). The zero-order valence-corrected chi connectivity index (χ0v) is 14.9. The quantitative estimate of drug-likeness (QED) is 0.697. The number of imidazole rings is 1. The van der Waals surface area contributed by atoms with Crippen LogP contribution in [0.2, 0.25) is 10.0 Å². The van der Waals surface area contributed by atoms with Crippen molar-refractivity contribution in [3.63, 3.8) is 0 Å². The van der Waals surface area contributed by atoms with Gasteiger partial charge in [0.25, 0.3) is 0 Å². The van der Waals surface area contributed by atoms with Crippen LogP contribution in [0.5, 0.6) is 0 Å². The lowest BCUT2D eigenvalue weighted by molar-refractivity contribution is 0.595. The third kappa shape index (κ3) is 3.09. The van der Waals surface area contributed by atoms with Crippen molar-refractivity contribution in [1.82, 2.24) is 9.55 Å². The van der Waals surface area contributed by atoms with Gasteiger partial charge in [-0.25, -0.2) is 13.4 Å². The van der Waals surface area contributed by atoms with E-state index in [-0.39, 0.29) is 15.7 Å². The Hall–Kier alpha value is -1.56. The molecular formula is C16H14Cl2N2O2S. The third-order valence-corrected chi connectivity index (χ3v) is 6.15. The molecule has 0 unspecified atom stereocenters. The molecule has 1 aromatic heterocycles. The lowest BCUT2D eigenvalue weighted by Gasteiger charge is -2.07. The highest BCUT2D eigenvalue weighted by molar-refractivity contribution is 7.90. The Kier molecular flexibility index (Phi) is 4.12. The molecule has 0 bridgehead atoms. The molecule has 4 nitrogen and oxygen atoms in total. The minimum Gasteiger partial charge on any atom is -0.331 e. The summed E-state index contributed by atoms with van der Waals surface area (Å²) in [5.74, 6) is 0.737. The molecule has 0 aliphatic carbocycles. The Bertz CT molecular complexity index is 1010. The van der Waals surface area contributed by atoms with E-state index in [4.69, 9.17) is 23.2 Å². The number of halogens is 2. The minimum atomic E-state index is -3.56. The van der Waals surface area contributed by atoms with Gasteiger partial charge in [0, 0.05) is 12.1 Å². The Labute approximate surface area is 144 Å². The van der Waals surface area contributed by atoms with Gasteiger partial charge in [-0.1, -0.05) is 29.3 Å². The van der Waals surface area contributed by atoms with E-state index in [9.17, 15) is 8.42 Å². The number of aromatic nitrogens is 2. The fraction of sp³-hybridized carbons (Fsp3) is 0.188. The van der Waals surface area contributed by atoms with Crippen LogP contribution < -0.4 is 0 Å². The SMILES string of the molecule is Cc1nc2cc(CS(=O)(=O)c3ccc(Cl)cc3Cl)ccc2n1C. The number of rotatable bonds is 3. The van der Waals surface area contributed by atoms with E-state index in [2.05, 4.69) is 4.98 Å². The Morgan fingerprint density at radius 1 is 1.13 bits per heavy atom. The van der Waals surface area contributed by atoms with Gasteiger partial charge in [-0.2, -0.15) is 0 Å². The molecule has 23 heavy (non-hydrogen) atoms. The summed E-state index contributed by atoms with van der Waals surface area (Å²) in [6.07, 6.45) is 0. The van der Waals surface area contributed by atoms with E-state index in [0.717, 1.165) is 16.9 Å². The first kappa shape index (κ1) is 16.3. The summed E-state index contributed by atoms with van der Waals surface area (Å²) < 4.78 is 27.1. The Morgan fingerprint density at radius 2 is 1.87 bits per heavy atom. The molecule has 0 radical (unpaired) electrons. The van der Waals surface area contributed by atoms with E-state index < -0.39 is 9.84 Å². The van der Waals surface area contributed by atoms with Crippen LogP contribution in [0.3, 0.4) is 0 Å². The highest BCUT2D eigenvalue weighted by Gasteiger charge is 2.19. The molecule has 0 fully saturated rings. The molecule has 0 atom stereocenters. The second-order valence-electron chi connectivity index (χ2n) is 5.37. The smallest absolute Gasteiger partial charge is 0.183 e. The molecule has 0 spiro atoms. The molecule has 7 heteroatoms. The summed E-state index contributed by atoms with van der Waals surface area (Å²) in [6.45, 7) is 1.91. The zero-order chi connectivity index (χ0) is 16.8. The van der Waals surface area contributed by atoms with Crippen molar-refractivity contribution in [2.45, 2.75) is 17.6 Å². The number of sulfone groups is 1. The minimum absolute atomic E-state index is 0.0841. The van der Waals surface area contributed by atoms with Gasteiger partial charge in [-0.05, 0) is 42.8 Å². The predicted molar refractivity (Wildman–Crippen MR) is 92.8 cm³/mol. The van der Waals surface area contributed by atoms with Crippen molar-refractivity contribution < 1.29 is 8.42 Å². The summed E-state index contributed by atoms with van der Waals surface area (Å²) in [6, 6.07) is 9.86. The summed E-state index contributed by atoms with van der Waals surface area (Å²) in [7, 11) is -1.63. The maximum absolute atomic E-state index is 12.6. The van der Waals surface area contributed by atoms with Crippen LogP contribution in [-0.4, -0.2) is 18.0 Å². The molecule has 3 aromatic rings. The van der Waals surface area contributed by atoms with Crippen molar-refractivity contribution in [2.24, 2.45) is 7.05 Å². The molecule has 120 valence electrons. The Balaban J connectivity index is 2.00. The van der Waals surface area contributed by atoms with Crippen LogP contribution in [0.25, 0.3) is 11.0 Å². The fourth-order valence-electron chi connectivity index (χ4n) is 2.48. The average molecular weight is 369 g/mol. The van der Waals surface area contributed by atoms with E-state index in [0.29, 0.717) is 10.6 Å². The maximum atomic E-state index is 12.6. The van der Waals surface area contributed by atoms with E-state index in [1.54, 1.807) is 12.1 Å². The second-order valence-corrected chi connectivity index (χ2v) is 8.18. The Morgan fingerprint density at radius 3 is 2.57 bits per heavy atom. The number of aryl methyl sites for hydroxylation is 2. The molecule has 0 aliphatic heterocycles. The topological polar surface area (TPSA) is 52.0 Å². The lowest BCUT2D eigenvalue weighted by atomic mass is 10.2. The summed E-state index contributed by atoms with van der Waals surface area (Å²) >= 11 is 11.8. The number of fused-ring (bicyclic) bond motifs is 1. The van der Waals surface area contributed by atoms with Gasteiger partial charge in [0.1, 0.15) is 5.82 Å². The van der Waals surface area contributed by atoms with Crippen molar-refractivity contribution in [3.8, 4) is 0 Å². The fourth-order valence-corrected chi connectivity index (χ4v) is 4.65. The normalized spacial score (nSPS) is 12.0. The predicted octanol–water partition coefficient (Wildman–Crippen LogP) is 4.16. The van der Waals surface area contributed by atoms with Gasteiger partial charge in [0.05, 0.1) is 26.7 Å². The van der Waals surface area contributed by atoms with Crippen LogP contribution in [0.15, 0.2) is 41.3 Å². The highest BCUT2D eigenvalue weighted by atomic mass is 35.5. The molecule has 0 aliphatic rings. The first-order chi connectivity index (χ1) is 10.8. The van der Waals surface area contributed by atoms with E-state index in [1.807, 2.05) is 24.6 Å². The van der Waals surface area contributed by atoms with Gasteiger partial charge in [0.15, 0.2) is 9.84 Å². The molecule has 1 heterocycles. The van der Waals surface area contributed by atoms with Crippen LogP contribution >= 0.6 is 23.2 Å². The standard InChI is InChI=1S/C16H14Cl2N2O2S/c1-10-19-14-7-11(3-5-15(14)20(10)2)9-23(21,22)16-6-4-12(17)8-13(16)18/h3-8H,9H2,1-2H3. The largest absolute Gasteiger partial charge is 0.331 e. The summed E-state index contributed by atoms with van der Waals surface area (Å²) in [5, 5.41) is 0.534. The molecule has 0 N–H and O–H groups in total. The number of hydrogen-bond donors (Lipinski definition) is 0. The lowest BCUT2D eigenvalue weighted by Crippen LogP contribution is -2.05. The van der Waals surface area contributed by atoms with Gasteiger partial charge in [0.2, 0.25) is 0 Å². The molecule has 0 saturated carbocycles. The van der Waals surface area contributed by atoms with Crippen LogP contribution in [0, 0.1) is 6.92 Å². The molecular weight excluding hydrogens is 355 g/mol. The summed E-state index contributed by atoms with van der Waals surface area (Å²) in [5.41, 5.74) is 2.41. The molecule has 0 saturated heterocycles. The maximum Gasteiger partial charge on any atom is 0.183 e. The zero-order valence-electron chi connectivity index (χ0n) is 12.5. The summed E-state index contributed by atoms with van der Waals surface area (Å²) in [4.78, 5) is 4.51. The van der Waals surface area contributed by atoms with Gasteiger partial charge < -0.3 is 4.57 Å². The van der Waals surface area contributed by atoms with Gasteiger partial charge in [-0.3, -0.25) is 0 Å². The van der Waals surface area contributed by atoms with E-state index in [1.165, 1.54) is 18.2 Å². The van der Waals surface area contributed by atoms with Crippen molar-refractivity contribution in [3.05, 3.63) is 57.8 Å². The van der Waals surface area contributed by atoms with Gasteiger partial charge >= 0.3 is 0 Å². The van der Waals surface area contributed by atoms with Crippen molar-refractivity contribution in [1.29, 1.82) is 0 Å². The van der Waals surface area contributed by atoms with Crippen LogP contribution in [0.1, 0.15) is 11.4 Å². The first-order valence-electron chi connectivity index (χ1n) is 6.88. The second kappa shape index (κ2) is 5.82. The first-order valence-corrected chi connectivity index (χ1v) is 9.28. The average Bonchev–Trinajstić information content (AvgIpc) is 2.72. The monoisotopic (exact) mass is 368 g/mol. The van der Waals surface area contributed by atoms with Gasteiger partial charge in [-0.15, -0.1) is 0 Å². The third-order valence-electron chi connectivity index (χ3n) is 3.75.